The van der Waals surface area contributed by atoms with E-state index in [4.69, 9.17) is 23.2 Å². The summed E-state index contributed by atoms with van der Waals surface area (Å²) in [5, 5.41) is 16.7. The van der Waals surface area contributed by atoms with Crippen molar-refractivity contribution in [2.45, 2.75) is 25.3 Å². The topological polar surface area (TPSA) is 61.4 Å². The summed E-state index contributed by atoms with van der Waals surface area (Å²) in [5.74, 6) is -1.08. The third-order valence-corrected chi connectivity index (χ3v) is 5.72. The fourth-order valence-corrected chi connectivity index (χ4v) is 3.80. The Bertz CT molecular complexity index is 826. The van der Waals surface area contributed by atoms with Crippen LogP contribution in [0.1, 0.15) is 17.5 Å². The van der Waals surface area contributed by atoms with E-state index in [-0.39, 0.29) is 24.3 Å². The monoisotopic (exact) mass is 410 g/mol. The third-order valence-electron chi connectivity index (χ3n) is 4.86. The predicted molar refractivity (Wildman–Crippen MR) is 105 cm³/mol. The lowest BCUT2D eigenvalue weighted by molar-refractivity contribution is -0.121. The highest BCUT2D eigenvalue weighted by atomic mass is 35.5. The number of hydrogen-bond acceptors (Lipinski definition) is 3. The van der Waals surface area contributed by atoms with E-state index in [1.54, 1.807) is 6.07 Å². The summed E-state index contributed by atoms with van der Waals surface area (Å²) >= 11 is 12.4. The Morgan fingerprint density at radius 1 is 1.33 bits per heavy atom. The van der Waals surface area contributed by atoms with Gasteiger partial charge in [-0.25, -0.2) is 4.39 Å². The van der Waals surface area contributed by atoms with Gasteiger partial charge < -0.3 is 15.7 Å². The summed E-state index contributed by atoms with van der Waals surface area (Å²) in [6.07, 6.45) is 1.56. The highest BCUT2D eigenvalue weighted by Crippen LogP contribution is 2.28. The molecule has 1 aliphatic heterocycles. The quantitative estimate of drug-likeness (QED) is 0.679. The zero-order chi connectivity index (χ0) is 19.4. The fraction of sp³-hybridized carbons (Fsp3) is 0.350. The molecule has 1 saturated heterocycles. The molecule has 1 aliphatic rings. The second kappa shape index (κ2) is 8.91. The number of phenols is 1. The molecular weight excluding hydrogens is 390 g/mol. The van der Waals surface area contributed by atoms with E-state index in [9.17, 15) is 14.3 Å². The number of benzene rings is 2. The van der Waals surface area contributed by atoms with Crippen molar-refractivity contribution in [2.75, 3.05) is 13.1 Å². The number of rotatable bonds is 6. The Morgan fingerprint density at radius 2 is 2.15 bits per heavy atom. The second-order valence-electron chi connectivity index (χ2n) is 6.81. The molecule has 2 aromatic rings. The van der Waals surface area contributed by atoms with Crippen LogP contribution in [0.15, 0.2) is 36.4 Å². The number of halogens is 3. The highest BCUT2D eigenvalue weighted by Gasteiger charge is 2.27. The molecule has 3 N–H and O–H groups in total. The Morgan fingerprint density at radius 3 is 2.85 bits per heavy atom. The van der Waals surface area contributed by atoms with Crippen LogP contribution in [0.2, 0.25) is 10.0 Å². The summed E-state index contributed by atoms with van der Waals surface area (Å²) in [6.45, 7) is 1.72. The molecule has 2 aromatic carbocycles. The van der Waals surface area contributed by atoms with Gasteiger partial charge in [-0.2, -0.15) is 0 Å². The Balaban J connectivity index is 1.72. The van der Waals surface area contributed by atoms with Gasteiger partial charge in [0.1, 0.15) is 0 Å². The first-order valence-corrected chi connectivity index (χ1v) is 9.60. The van der Waals surface area contributed by atoms with E-state index >= 15 is 0 Å². The summed E-state index contributed by atoms with van der Waals surface area (Å²) in [7, 11) is 0. The third kappa shape index (κ3) is 5.12. The van der Waals surface area contributed by atoms with Gasteiger partial charge in [-0.05, 0) is 61.2 Å². The standard InChI is InChI=1S/C20H21Cl2FN2O2/c21-15-3-1-2-13(20(15)22)10-17(14-6-7-24-11-14)25-19(27)9-12-4-5-18(26)16(23)8-12/h1-5,8,14,17,24,26H,6-7,9-11H2,(H,25,27). The van der Waals surface area contributed by atoms with Crippen LogP contribution in [0, 0.1) is 11.7 Å². The molecule has 3 rings (SSSR count). The van der Waals surface area contributed by atoms with E-state index in [0.29, 0.717) is 22.0 Å². The number of carbonyl (C=O) groups excluding carboxylic acids is 1. The van der Waals surface area contributed by atoms with Gasteiger partial charge in [0.15, 0.2) is 11.6 Å². The number of amides is 1. The van der Waals surface area contributed by atoms with Gasteiger partial charge in [0, 0.05) is 6.04 Å². The number of aromatic hydroxyl groups is 1. The van der Waals surface area contributed by atoms with Crippen LogP contribution in [0.25, 0.3) is 0 Å². The molecule has 0 spiro atoms. The average molecular weight is 411 g/mol. The summed E-state index contributed by atoms with van der Waals surface area (Å²) in [5.41, 5.74) is 1.39. The van der Waals surface area contributed by atoms with E-state index in [0.717, 1.165) is 25.1 Å². The van der Waals surface area contributed by atoms with Gasteiger partial charge in [-0.3, -0.25) is 4.79 Å². The van der Waals surface area contributed by atoms with E-state index in [1.165, 1.54) is 18.2 Å². The molecule has 4 nitrogen and oxygen atoms in total. The van der Waals surface area contributed by atoms with Crippen molar-refractivity contribution in [1.82, 2.24) is 10.6 Å². The zero-order valence-electron chi connectivity index (χ0n) is 14.6. The second-order valence-corrected chi connectivity index (χ2v) is 7.59. The summed E-state index contributed by atoms with van der Waals surface area (Å²) < 4.78 is 13.5. The lowest BCUT2D eigenvalue weighted by atomic mass is 9.92. The van der Waals surface area contributed by atoms with Gasteiger partial charge in [-0.15, -0.1) is 0 Å². The maximum Gasteiger partial charge on any atom is 0.224 e. The molecule has 27 heavy (non-hydrogen) atoms. The number of nitrogens with one attached hydrogen (secondary N) is 2. The SMILES string of the molecule is O=C(Cc1ccc(O)c(F)c1)NC(Cc1cccc(Cl)c1Cl)C1CCNC1. The predicted octanol–water partition coefficient (Wildman–Crippen LogP) is 3.72. The van der Waals surface area contributed by atoms with Crippen LogP contribution in [-0.4, -0.2) is 30.1 Å². The lowest BCUT2D eigenvalue weighted by Crippen LogP contribution is -2.43. The van der Waals surface area contributed by atoms with Crippen molar-refractivity contribution >= 4 is 29.1 Å². The molecule has 0 bridgehead atoms. The van der Waals surface area contributed by atoms with E-state index in [2.05, 4.69) is 10.6 Å². The molecule has 0 aliphatic carbocycles. The fourth-order valence-electron chi connectivity index (χ4n) is 3.40. The molecule has 7 heteroatoms. The summed E-state index contributed by atoms with van der Waals surface area (Å²) in [6, 6.07) is 9.34. The lowest BCUT2D eigenvalue weighted by Gasteiger charge is -2.25. The Labute approximate surface area is 167 Å². The number of carbonyl (C=O) groups is 1. The zero-order valence-corrected chi connectivity index (χ0v) is 16.2. The van der Waals surface area contributed by atoms with Gasteiger partial charge in [0.25, 0.3) is 0 Å². The molecule has 1 fully saturated rings. The van der Waals surface area contributed by atoms with Crippen LogP contribution in [-0.2, 0) is 17.6 Å². The van der Waals surface area contributed by atoms with E-state index in [1.807, 2.05) is 12.1 Å². The van der Waals surface area contributed by atoms with Crippen molar-refractivity contribution in [3.05, 3.63) is 63.4 Å². The maximum atomic E-state index is 13.5. The van der Waals surface area contributed by atoms with Crippen LogP contribution in [0.3, 0.4) is 0 Å². The van der Waals surface area contributed by atoms with Gasteiger partial charge in [0.2, 0.25) is 5.91 Å². The Kier molecular flexibility index (Phi) is 6.58. The van der Waals surface area contributed by atoms with Gasteiger partial charge >= 0.3 is 0 Å². The molecule has 0 saturated carbocycles. The Hall–Kier alpha value is -1.82. The van der Waals surface area contributed by atoms with Crippen molar-refractivity contribution in [3.63, 3.8) is 0 Å². The van der Waals surface area contributed by atoms with Gasteiger partial charge in [0.05, 0.1) is 16.5 Å². The molecule has 0 radical (unpaired) electrons. The summed E-state index contributed by atoms with van der Waals surface area (Å²) in [4.78, 5) is 12.5. The highest BCUT2D eigenvalue weighted by molar-refractivity contribution is 6.42. The molecule has 2 unspecified atom stereocenters. The van der Waals surface area contributed by atoms with Crippen LogP contribution in [0.4, 0.5) is 4.39 Å². The normalized spacial score (nSPS) is 17.7. The van der Waals surface area contributed by atoms with E-state index < -0.39 is 11.6 Å². The molecule has 1 amide bonds. The molecule has 144 valence electrons. The largest absolute Gasteiger partial charge is 0.505 e. The minimum absolute atomic E-state index is 0.0388. The van der Waals surface area contributed by atoms with Crippen molar-refractivity contribution < 1.29 is 14.3 Å². The van der Waals surface area contributed by atoms with Crippen LogP contribution >= 0.6 is 23.2 Å². The minimum Gasteiger partial charge on any atom is -0.505 e. The van der Waals surface area contributed by atoms with Crippen LogP contribution in [0.5, 0.6) is 5.75 Å². The smallest absolute Gasteiger partial charge is 0.224 e. The van der Waals surface area contributed by atoms with Crippen LogP contribution < -0.4 is 10.6 Å². The van der Waals surface area contributed by atoms with Crippen molar-refractivity contribution in [2.24, 2.45) is 5.92 Å². The first kappa shape index (κ1) is 19.9. The maximum absolute atomic E-state index is 13.5. The molecular formula is C20H21Cl2FN2O2. The number of phenolic OH excluding ortho intramolecular Hbond substituents is 1. The first-order valence-electron chi connectivity index (χ1n) is 8.84. The van der Waals surface area contributed by atoms with Gasteiger partial charge in [-0.1, -0.05) is 41.4 Å². The van der Waals surface area contributed by atoms with Crippen molar-refractivity contribution in [3.8, 4) is 5.75 Å². The minimum atomic E-state index is -0.734. The number of hydrogen-bond donors (Lipinski definition) is 3. The first-order chi connectivity index (χ1) is 12.9. The molecule has 2 atom stereocenters. The van der Waals surface area contributed by atoms with Crippen molar-refractivity contribution in [1.29, 1.82) is 0 Å². The molecule has 1 heterocycles. The molecule has 0 aromatic heterocycles. The average Bonchev–Trinajstić information content (AvgIpc) is 3.16.